The van der Waals surface area contributed by atoms with Crippen molar-refractivity contribution in [3.8, 4) is 0 Å². The summed E-state index contributed by atoms with van der Waals surface area (Å²) < 4.78 is 0. The van der Waals surface area contributed by atoms with Crippen molar-refractivity contribution in [3.05, 3.63) is 0 Å². The van der Waals surface area contributed by atoms with Crippen LogP contribution in [0.1, 0.15) is 0 Å². The third kappa shape index (κ3) is 8.83. The number of hydrogen-bond acceptors (Lipinski definition) is 0. The van der Waals surface area contributed by atoms with Crippen molar-refractivity contribution < 1.29 is 78.6 Å². The second kappa shape index (κ2) is 18.2. The van der Waals surface area contributed by atoms with E-state index in [0.29, 0.717) is 0 Å². The fourth-order valence-electron chi connectivity index (χ4n) is 0. The molecule has 0 spiro atoms. The van der Waals surface area contributed by atoms with E-state index in [1.54, 1.807) is 0 Å². The predicted octanol–water partition coefficient (Wildman–Crippen LogP) is -8.99. The molecule has 0 aliphatic heterocycles. The number of halogens is 3. The van der Waals surface area contributed by atoms with Gasteiger partial charge in [0.25, 0.3) is 0 Å². The minimum absolute atomic E-state index is 0. The van der Waals surface area contributed by atoms with Crippen LogP contribution in [-0.2, 0) is 27.7 Å². The Bertz CT molecular complexity index is 3.25. The summed E-state index contributed by atoms with van der Waals surface area (Å²) in [6, 6.07) is 0. The van der Waals surface area contributed by atoms with E-state index in [0.717, 1.165) is 0 Å². The van der Waals surface area contributed by atoms with E-state index in [1.165, 1.54) is 0 Å². The van der Waals surface area contributed by atoms with Crippen LogP contribution in [0.25, 0.3) is 0 Å². The SMILES string of the molecule is [Br-].[Br-].[Br-].[Hg]. The Labute approximate surface area is 77.5 Å². The van der Waals surface area contributed by atoms with Gasteiger partial charge < -0.3 is 50.9 Å². The van der Waals surface area contributed by atoms with Gasteiger partial charge in [0.1, 0.15) is 0 Å². The molecule has 0 fully saturated rings. The molecule has 0 aromatic rings. The molecule has 0 unspecified atom stereocenters. The summed E-state index contributed by atoms with van der Waals surface area (Å²) in [6.45, 7) is 0. The summed E-state index contributed by atoms with van der Waals surface area (Å²) in [7, 11) is 0. The zero-order chi connectivity index (χ0) is 0. The molecule has 26 valence electrons. The van der Waals surface area contributed by atoms with Crippen LogP contribution in [-0.4, -0.2) is 0 Å². The van der Waals surface area contributed by atoms with Gasteiger partial charge in [-0.3, -0.25) is 0 Å². The van der Waals surface area contributed by atoms with Gasteiger partial charge in [-0.1, -0.05) is 0 Å². The molecule has 0 heterocycles. The van der Waals surface area contributed by atoms with Gasteiger partial charge in [-0.25, -0.2) is 0 Å². The number of rotatable bonds is 0. The zero-order valence-electron chi connectivity index (χ0n) is 1.84. The average molecular weight is 440 g/mol. The minimum atomic E-state index is 0. The van der Waals surface area contributed by atoms with Crippen LogP contribution >= 0.6 is 0 Å². The monoisotopic (exact) mass is 439 g/mol. The van der Waals surface area contributed by atoms with Crippen molar-refractivity contribution in [2.45, 2.75) is 0 Å². The fraction of sp³-hybridized carbons (Fsp3) is 0. The first kappa shape index (κ1) is 32.7. The second-order valence-corrected chi connectivity index (χ2v) is 0. The van der Waals surface area contributed by atoms with E-state index in [1.807, 2.05) is 0 Å². The van der Waals surface area contributed by atoms with Gasteiger partial charge in [0.2, 0.25) is 0 Å². The first-order chi connectivity index (χ1) is 0. The molecular weight excluding hydrogens is 440 g/mol. The van der Waals surface area contributed by atoms with Crippen LogP contribution in [0.5, 0.6) is 0 Å². The van der Waals surface area contributed by atoms with Crippen LogP contribution in [0.4, 0.5) is 0 Å². The summed E-state index contributed by atoms with van der Waals surface area (Å²) in [4.78, 5) is 0. The number of hydrogen-bond donors (Lipinski definition) is 0. The first-order valence-corrected chi connectivity index (χ1v) is 0. The molecule has 0 atom stereocenters. The molecule has 0 rings (SSSR count). The van der Waals surface area contributed by atoms with Crippen molar-refractivity contribution in [1.82, 2.24) is 0 Å². The molecule has 0 aliphatic carbocycles. The topological polar surface area (TPSA) is 0 Å². The smallest absolute Gasteiger partial charge is 0 e. The maximum absolute atomic E-state index is 0. The standard InChI is InChI=1S/3BrH.Hg/h3*1H;/p-3. The Hall–Kier alpha value is 2.38. The van der Waals surface area contributed by atoms with Crippen LogP contribution in [0, 0.1) is 0 Å². The van der Waals surface area contributed by atoms with Crippen LogP contribution in [0.2, 0.25) is 0 Å². The van der Waals surface area contributed by atoms with Gasteiger partial charge in [-0.05, 0) is 0 Å². The van der Waals surface area contributed by atoms with E-state index in [-0.39, 0.29) is 78.6 Å². The molecule has 0 nitrogen and oxygen atoms in total. The van der Waals surface area contributed by atoms with E-state index >= 15 is 0 Å². The third-order valence-corrected chi connectivity index (χ3v) is 0. The van der Waals surface area contributed by atoms with E-state index < -0.39 is 0 Å². The van der Waals surface area contributed by atoms with Crippen LogP contribution in [0.15, 0.2) is 0 Å². The second-order valence-electron chi connectivity index (χ2n) is 0. The molecule has 0 saturated heterocycles. The van der Waals surface area contributed by atoms with Crippen LogP contribution in [0.3, 0.4) is 0 Å². The van der Waals surface area contributed by atoms with E-state index in [2.05, 4.69) is 0 Å². The molecule has 0 amide bonds. The maximum Gasteiger partial charge on any atom is 0 e. The maximum atomic E-state index is 0. The fourth-order valence-corrected chi connectivity index (χ4v) is 0. The summed E-state index contributed by atoms with van der Waals surface area (Å²) in [6.07, 6.45) is 0. The van der Waals surface area contributed by atoms with Gasteiger partial charge in [-0.15, -0.1) is 0 Å². The average Bonchev–Trinajstić information content (AvgIpc) is 0. The van der Waals surface area contributed by atoms with Crippen molar-refractivity contribution >= 4 is 0 Å². The predicted molar refractivity (Wildman–Crippen MR) is 0 cm³/mol. The molecule has 0 radical (unpaired) electrons. The Morgan fingerprint density at radius 1 is 0.500 bits per heavy atom. The van der Waals surface area contributed by atoms with E-state index in [9.17, 15) is 0 Å². The first-order valence-electron chi connectivity index (χ1n) is 0. The summed E-state index contributed by atoms with van der Waals surface area (Å²) in [5.74, 6) is 0. The molecule has 0 aromatic heterocycles. The van der Waals surface area contributed by atoms with Gasteiger partial charge >= 0.3 is 0 Å². The largest absolute Gasteiger partial charge is 1.00 e. The summed E-state index contributed by atoms with van der Waals surface area (Å²) in [5.41, 5.74) is 0. The van der Waals surface area contributed by atoms with Crippen molar-refractivity contribution in [1.29, 1.82) is 0 Å². The van der Waals surface area contributed by atoms with Crippen molar-refractivity contribution in [2.75, 3.05) is 0 Å². The Kier molecular flexibility index (Phi) is 149. The third-order valence-electron chi connectivity index (χ3n) is 0. The summed E-state index contributed by atoms with van der Waals surface area (Å²) in [5, 5.41) is 0. The van der Waals surface area contributed by atoms with Gasteiger partial charge in [0.15, 0.2) is 0 Å². The zero-order valence-corrected chi connectivity index (χ0v) is 12.1. The molecular formula is Br3Hg-3. The Balaban J connectivity index is 0. The van der Waals surface area contributed by atoms with Gasteiger partial charge in [0.05, 0.1) is 0 Å². The molecule has 0 saturated carbocycles. The molecule has 0 bridgehead atoms. The molecule has 0 aromatic carbocycles. The summed E-state index contributed by atoms with van der Waals surface area (Å²) >= 11 is 0. The van der Waals surface area contributed by atoms with Gasteiger partial charge in [-0.2, -0.15) is 0 Å². The van der Waals surface area contributed by atoms with Crippen molar-refractivity contribution in [3.63, 3.8) is 0 Å². The van der Waals surface area contributed by atoms with Crippen molar-refractivity contribution in [2.24, 2.45) is 0 Å². The Morgan fingerprint density at radius 3 is 0.500 bits per heavy atom. The van der Waals surface area contributed by atoms with E-state index in [4.69, 9.17) is 0 Å². The Morgan fingerprint density at radius 2 is 0.500 bits per heavy atom. The van der Waals surface area contributed by atoms with Crippen LogP contribution < -0.4 is 50.9 Å². The molecule has 4 heteroatoms. The minimum Gasteiger partial charge on any atom is -1.00 e. The normalized spacial score (nSPS) is 0. The molecule has 0 aliphatic rings. The molecule has 4 heavy (non-hydrogen) atoms. The molecule has 0 N–H and O–H groups in total. The quantitative estimate of drug-likeness (QED) is 0.329. The van der Waals surface area contributed by atoms with Gasteiger partial charge in [0, 0.05) is 27.7 Å².